The van der Waals surface area contributed by atoms with E-state index in [2.05, 4.69) is 9.88 Å². The van der Waals surface area contributed by atoms with Crippen molar-refractivity contribution in [2.24, 2.45) is 0 Å². The molecule has 3 heterocycles. The molecule has 4 nitrogen and oxygen atoms in total. The minimum Gasteiger partial charge on any atom is -0.484 e. The Morgan fingerprint density at radius 3 is 2.81 bits per heavy atom. The Labute approximate surface area is 95.2 Å². The van der Waals surface area contributed by atoms with Gasteiger partial charge in [0.05, 0.1) is 5.69 Å². The summed E-state index contributed by atoms with van der Waals surface area (Å²) in [7, 11) is 0. The van der Waals surface area contributed by atoms with Gasteiger partial charge in [-0.3, -0.25) is 4.90 Å². The summed E-state index contributed by atoms with van der Waals surface area (Å²) in [5, 5.41) is 0. The molecule has 2 aliphatic heterocycles. The van der Waals surface area contributed by atoms with E-state index in [4.69, 9.17) is 9.47 Å². The number of aromatic nitrogens is 1. The van der Waals surface area contributed by atoms with Gasteiger partial charge >= 0.3 is 0 Å². The monoisotopic (exact) mass is 220 g/mol. The first kappa shape index (κ1) is 9.90. The minimum atomic E-state index is 0.604. The van der Waals surface area contributed by atoms with Crippen LogP contribution in [0.5, 0.6) is 11.6 Å². The lowest BCUT2D eigenvalue weighted by atomic mass is 10.3. The zero-order valence-electron chi connectivity index (χ0n) is 9.32. The van der Waals surface area contributed by atoms with Gasteiger partial charge in [0, 0.05) is 6.54 Å². The Morgan fingerprint density at radius 1 is 1.12 bits per heavy atom. The van der Waals surface area contributed by atoms with Crippen LogP contribution in [0, 0.1) is 0 Å². The van der Waals surface area contributed by atoms with Crippen LogP contribution in [0.4, 0.5) is 0 Å². The van der Waals surface area contributed by atoms with Gasteiger partial charge in [-0.25, -0.2) is 4.98 Å². The Kier molecular flexibility index (Phi) is 2.66. The number of hydrogen-bond donors (Lipinski definition) is 0. The van der Waals surface area contributed by atoms with Gasteiger partial charge in [0.15, 0.2) is 5.75 Å². The second kappa shape index (κ2) is 4.29. The van der Waals surface area contributed by atoms with Crippen molar-refractivity contribution in [1.29, 1.82) is 0 Å². The second-order valence-corrected chi connectivity index (χ2v) is 4.29. The van der Waals surface area contributed by atoms with E-state index < -0.39 is 0 Å². The molecule has 1 aromatic rings. The quantitative estimate of drug-likeness (QED) is 0.755. The molecule has 2 aliphatic rings. The molecule has 0 radical (unpaired) electrons. The van der Waals surface area contributed by atoms with Gasteiger partial charge in [0.1, 0.15) is 13.2 Å². The number of nitrogens with zero attached hydrogens (tertiary/aromatic N) is 2. The molecule has 4 heteroatoms. The van der Waals surface area contributed by atoms with E-state index >= 15 is 0 Å². The van der Waals surface area contributed by atoms with Crippen LogP contribution in [-0.2, 0) is 6.54 Å². The fourth-order valence-corrected chi connectivity index (χ4v) is 2.23. The smallest absolute Gasteiger partial charge is 0.257 e. The minimum absolute atomic E-state index is 0.604. The summed E-state index contributed by atoms with van der Waals surface area (Å²) < 4.78 is 10.9. The van der Waals surface area contributed by atoms with Gasteiger partial charge < -0.3 is 9.47 Å². The summed E-state index contributed by atoms with van der Waals surface area (Å²) >= 11 is 0. The molecule has 3 rings (SSSR count). The Hall–Kier alpha value is -1.29. The summed E-state index contributed by atoms with van der Waals surface area (Å²) in [6, 6.07) is 4.00. The Morgan fingerprint density at radius 2 is 1.94 bits per heavy atom. The Balaban J connectivity index is 1.74. The lowest BCUT2D eigenvalue weighted by molar-refractivity contribution is 0.163. The van der Waals surface area contributed by atoms with Crippen LogP contribution in [0.1, 0.15) is 18.5 Å². The van der Waals surface area contributed by atoms with E-state index in [-0.39, 0.29) is 0 Å². The third kappa shape index (κ3) is 1.97. The average Bonchev–Trinajstić information content (AvgIpc) is 2.82. The molecule has 1 aromatic heterocycles. The van der Waals surface area contributed by atoms with E-state index in [9.17, 15) is 0 Å². The molecule has 0 unspecified atom stereocenters. The van der Waals surface area contributed by atoms with Crippen LogP contribution in [-0.4, -0.2) is 36.2 Å². The van der Waals surface area contributed by atoms with Crippen molar-refractivity contribution in [3.05, 3.63) is 17.8 Å². The first-order chi connectivity index (χ1) is 7.92. The van der Waals surface area contributed by atoms with Crippen molar-refractivity contribution in [1.82, 2.24) is 9.88 Å². The molecule has 0 N–H and O–H groups in total. The van der Waals surface area contributed by atoms with Gasteiger partial charge in [-0.15, -0.1) is 0 Å². The number of hydrogen-bond acceptors (Lipinski definition) is 4. The largest absolute Gasteiger partial charge is 0.484 e. The van der Waals surface area contributed by atoms with Gasteiger partial charge in [0.25, 0.3) is 5.88 Å². The lowest BCUT2D eigenvalue weighted by Crippen LogP contribution is -2.21. The summed E-state index contributed by atoms with van der Waals surface area (Å²) in [6.07, 6.45) is 2.62. The lowest BCUT2D eigenvalue weighted by Gasteiger charge is -2.19. The maximum atomic E-state index is 5.47. The zero-order chi connectivity index (χ0) is 10.8. The van der Waals surface area contributed by atoms with Gasteiger partial charge in [-0.05, 0) is 38.1 Å². The second-order valence-electron chi connectivity index (χ2n) is 4.29. The first-order valence-corrected chi connectivity index (χ1v) is 5.90. The van der Waals surface area contributed by atoms with Gasteiger partial charge in [-0.2, -0.15) is 0 Å². The molecule has 0 saturated carbocycles. The Bertz CT molecular complexity index is 375. The number of fused-ring (bicyclic) bond motifs is 1. The van der Waals surface area contributed by atoms with Crippen molar-refractivity contribution < 1.29 is 9.47 Å². The van der Waals surface area contributed by atoms with Crippen molar-refractivity contribution >= 4 is 0 Å². The van der Waals surface area contributed by atoms with E-state index in [1.54, 1.807) is 0 Å². The number of rotatable bonds is 2. The van der Waals surface area contributed by atoms with Gasteiger partial charge in [-0.1, -0.05) is 0 Å². The highest BCUT2D eigenvalue weighted by Crippen LogP contribution is 2.28. The molecule has 0 atom stereocenters. The maximum absolute atomic E-state index is 5.47. The molecule has 0 amide bonds. The normalized spacial score (nSPS) is 20.0. The molecular weight excluding hydrogens is 204 g/mol. The molecular formula is C12H16N2O2. The summed E-state index contributed by atoms with van der Waals surface area (Å²) in [5.41, 5.74) is 1.08. The number of pyridine rings is 1. The molecule has 86 valence electrons. The van der Waals surface area contributed by atoms with Crippen molar-refractivity contribution in [2.45, 2.75) is 19.4 Å². The SMILES string of the molecule is c1cc2c(nc1CN1CCCC1)OCCO2. The van der Waals surface area contributed by atoms with E-state index in [0.29, 0.717) is 19.1 Å². The van der Waals surface area contributed by atoms with Crippen molar-refractivity contribution in [2.75, 3.05) is 26.3 Å². The van der Waals surface area contributed by atoms with Crippen LogP contribution in [0.25, 0.3) is 0 Å². The maximum Gasteiger partial charge on any atom is 0.257 e. The predicted octanol–water partition coefficient (Wildman–Crippen LogP) is 1.45. The highest BCUT2D eigenvalue weighted by molar-refractivity contribution is 5.35. The van der Waals surface area contributed by atoms with Gasteiger partial charge in [0.2, 0.25) is 0 Å². The average molecular weight is 220 g/mol. The van der Waals surface area contributed by atoms with Crippen LogP contribution in [0.3, 0.4) is 0 Å². The molecule has 16 heavy (non-hydrogen) atoms. The van der Waals surface area contributed by atoms with Crippen molar-refractivity contribution in [3.8, 4) is 11.6 Å². The van der Waals surface area contributed by atoms with Crippen LogP contribution >= 0.6 is 0 Å². The summed E-state index contributed by atoms with van der Waals surface area (Å²) in [4.78, 5) is 6.92. The highest BCUT2D eigenvalue weighted by Gasteiger charge is 2.16. The molecule has 1 saturated heterocycles. The van der Waals surface area contributed by atoms with Crippen molar-refractivity contribution in [3.63, 3.8) is 0 Å². The predicted molar refractivity (Wildman–Crippen MR) is 59.7 cm³/mol. The summed E-state index contributed by atoms with van der Waals surface area (Å²) in [5.74, 6) is 1.43. The topological polar surface area (TPSA) is 34.6 Å². The van der Waals surface area contributed by atoms with E-state index in [1.165, 1.54) is 25.9 Å². The fourth-order valence-electron chi connectivity index (χ4n) is 2.23. The molecule has 0 aliphatic carbocycles. The van der Waals surface area contributed by atoms with E-state index in [0.717, 1.165) is 18.0 Å². The standard InChI is InChI=1S/C12H16N2O2/c1-2-6-14(5-1)9-10-3-4-11-12(13-10)16-8-7-15-11/h3-4H,1-2,5-9H2. The molecule has 0 spiro atoms. The third-order valence-electron chi connectivity index (χ3n) is 3.05. The molecule has 0 aromatic carbocycles. The highest BCUT2D eigenvalue weighted by atomic mass is 16.6. The molecule has 1 fully saturated rings. The summed E-state index contributed by atoms with van der Waals surface area (Å²) in [6.45, 7) is 4.54. The van der Waals surface area contributed by atoms with Crippen LogP contribution in [0.2, 0.25) is 0 Å². The fraction of sp³-hybridized carbons (Fsp3) is 0.583. The number of likely N-dealkylation sites (tertiary alicyclic amines) is 1. The van der Waals surface area contributed by atoms with E-state index in [1.807, 2.05) is 12.1 Å². The van der Waals surface area contributed by atoms with Crippen LogP contribution < -0.4 is 9.47 Å². The molecule has 0 bridgehead atoms. The van der Waals surface area contributed by atoms with Crippen LogP contribution in [0.15, 0.2) is 12.1 Å². The zero-order valence-corrected chi connectivity index (χ0v) is 9.32. The number of ether oxygens (including phenoxy) is 2. The third-order valence-corrected chi connectivity index (χ3v) is 3.05. The first-order valence-electron chi connectivity index (χ1n) is 5.90.